The Kier molecular flexibility index (Phi) is 5.76. The summed E-state index contributed by atoms with van der Waals surface area (Å²) >= 11 is 1.59. The molecule has 0 spiro atoms. The molecule has 0 aliphatic rings. The Morgan fingerprint density at radius 2 is 1.89 bits per heavy atom. The van der Waals surface area contributed by atoms with E-state index in [0.29, 0.717) is 29.1 Å². The van der Waals surface area contributed by atoms with Crippen LogP contribution in [0, 0.1) is 13.8 Å². The minimum Gasteiger partial charge on any atom is -0.462 e. The summed E-state index contributed by atoms with van der Waals surface area (Å²) in [6, 6.07) is 13.5. The molecule has 140 valence electrons. The Bertz CT molecular complexity index is 930. The highest BCUT2D eigenvalue weighted by Gasteiger charge is 2.25. The molecule has 27 heavy (non-hydrogen) atoms. The molecule has 0 aliphatic heterocycles. The second kappa shape index (κ2) is 8.22. The molecule has 1 amide bonds. The number of aromatic nitrogens is 1. The molecule has 0 radical (unpaired) electrons. The third-order valence-corrected chi connectivity index (χ3v) is 5.32. The van der Waals surface area contributed by atoms with Crippen LogP contribution in [-0.4, -0.2) is 23.5 Å². The normalized spacial score (nSPS) is 11.8. The molecule has 0 bridgehead atoms. The van der Waals surface area contributed by atoms with Crippen LogP contribution in [0.15, 0.2) is 47.8 Å². The van der Waals surface area contributed by atoms with E-state index in [0.717, 1.165) is 10.4 Å². The van der Waals surface area contributed by atoms with Gasteiger partial charge in [0.15, 0.2) is 0 Å². The van der Waals surface area contributed by atoms with Crippen molar-refractivity contribution in [2.24, 2.45) is 0 Å². The number of hydrogen-bond acceptors (Lipinski definition) is 4. The molecular weight excluding hydrogens is 360 g/mol. The third-order valence-electron chi connectivity index (χ3n) is 4.38. The molecule has 1 atom stereocenters. The van der Waals surface area contributed by atoms with Gasteiger partial charge in [0, 0.05) is 10.6 Å². The second-order valence-corrected chi connectivity index (χ2v) is 7.16. The van der Waals surface area contributed by atoms with E-state index in [9.17, 15) is 9.59 Å². The van der Waals surface area contributed by atoms with Gasteiger partial charge in [-0.05, 0) is 43.3 Å². The largest absolute Gasteiger partial charge is 0.462 e. The van der Waals surface area contributed by atoms with Crippen LogP contribution in [0.3, 0.4) is 0 Å². The number of hydrogen-bond donors (Lipinski definition) is 2. The number of thiophene rings is 1. The molecule has 2 heterocycles. The molecule has 2 aromatic heterocycles. The van der Waals surface area contributed by atoms with E-state index in [1.54, 1.807) is 32.1 Å². The second-order valence-electron chi connectivity index (χ2n) is 6.18. The van der Waals surface area contributed by atoms with Crippen LogP contribution in [0.25, 0.3) is 0 Å². The summed E-state index contributed by atoms with van der Waals surface area (Å²) in [7, 11) is 0. The van der Waals surface area contributed by atoms with E-state index in [4.69, 9.17) is 4.74 Å². The van der Waals surface area contributed by atoms with Gasteiger partial charge in [0.1, 0.15) is 5.69 Å². The molecule has 0 saturated heterocycles. The van der Waals surface area contributed by atoms with Crippen molar-refractivity contribution in [3.05, 3.63) is 80.8 Å². The third kappa shape index (κ3) is 3.95. The van der Waals surface area contributed by atoms with Gasteiger partial charge in [0.25, 0.3) is 5.91 Å². The fraction of sp³-hybridized carbons (Fsp3) is 0.238. The minimum atomic E-state index is -0.416. The lowest BCUT2D eigenvalue weighted by Gasteiger charge is -2.18. The fourth-order valence-electron chi connectivity index (χ4n) is 3.11. The molecule has 0 fully saturated rings. The van der Waals surface area contributed by atoms with Gasteiger partial charge in [0.05, 0.1) is 18.2 Å². The molecular formula is C21H22N2O3S. The quantitative estimate of drug-likeness (QED) is 0.621. The Morgan fingerprint density at radius 3 is 2.52 bits per heavy atom. The molecule has 5 nitrogen and oxygen atoms in total. The lowest BCUT2D eigenvalue weighted by molar-refractivity contribution is 0.0525. The van der Waals surface area contributed by atoms with Gasteiger partial charge >= 0.3 is 5.97 Å². The number of carbonyl (C=O) groups is 2. The lowest BCUT2D eigenvalue weighted by Crippen LogP contribution is -2.29. The molecule has 0 saturated carbocycles. The zero-order valence-corrected chi connectivity index (χ0v) is 16.4. The average molecular weight is 382 g/mol. The molecule has 6 heteroatoms. The Hall–Kier alpha value is -2.86. The zero-order chi connectivity index (χ0) is 19.4. The number of rotatable bonds is 6. The summed E-state index contributed by atoms with van der Waals surface area (Å²) in [5.41, 5.74) is 3.03. The Balaban J connectivity index is 1.91. The average Bonchev–Trinajstić information content (AvgIpc) is 3.28. The maximum absolute atomic E-state index is 13.0. The van der Waals surface area contributed by atoms with E-state index in [1.807, 2.05) is 47.8 Å². The summed E-state index contributed by atoms with van der Waals surface area (Å²) in [4.78, 5) is 29.3. The monoisotopic (exact) mass is 382 g/mol. The van der Waals surface area contributed by atoms with Crippen LogP contribution in [0.4, 0.5) is 0 Å². The van der Waals surface area contributed by atoms with E-state index < -0.39 is 5.97 Å². The first kappa shape index (κ1) is 18.9. The van der Waals surface area contributed by atoms with Gasteiger partial charge in [-0.2, -0.15) is 0 Å². The number of nitrogens with one attached hydrogen (secondary N) is 2. The lowest BCUT2D eigenvalue weighted by atomic mass is 10.0. The van der Waals surface area contributed by atoms with Gasteiger partial charge in [-0.3, -0.25) is 4.79 Å². The molecule has 1 unspecified atom stereocenters. The van der Waals surface area contributed by atoms with Crippen molar-refractivity contribution in [1.29, 1.82) is 0 Å². The van der Waals surface area contributed by atoms with E-state index in [1.165, 1.54) is 0 Å². The Morgan fingerprint density at radius 1 is 1.15 bits per heavy atom. The van der Waals surface area contributed by atoms with Crippen LogP contribution in [0.2, 0.25) is 0 Å². The topological polar surface area (TPSA) is 71.2 Å². The number of aryl methyl sites for hydroxylation is 1. The van der Waals surface area contributed by atoms with Crippen molar-refractivity contribution in [3.63, 3.8) is 0 Å². The number of esters is 1. The molecule has 2 N–H and O–H groups in total. The summed E-state index contributed by atoms with van der Waals surface area (Å²) in [5.74, 6) is -0.672. The zero-order valence-electron chi connectivity index (χ0n) is 15.5. The summed E-state index contributed by atoms with van der Waals surface area (Å²) < 4.78 is 5.10. The number of aromatic amines is 1. The van der Waals surface area contributed by atoms with E-state index >= 15 is 0 Å². The summed E-state index contributed by atoms with van der Waals surface area (Å²) in [6.07, 6.45) is 0. The summed E-state index contributed by atoms with van der Waals surface area (Å²) in [6.45, 7) is 5.57. The minimum absolute atomic E-state index is 0.256. The van der Waals surface area contributed by atoms with Crippen LogP contribution in [-0.2, 0) is 4.74 Å². The van der Waals surface area contributed by atoms with Gasteiger partial charge in [-0.1, -0.05) is 36.4 Å². The van der Waals surface area contributed by atoms with Crippen LogP contribution < -0.4 is 5.32 Å². The predicted molar refractivity (Wildman–Crippen MR) is 106 cm³/mol. The SMILES string of the molecule is CCOC(=O)c1c(C)[nH]c(C(=O)NC(c2ccccc2)c2cccs2)c1C. The number of carbonyl (C=O) groups excluding carboxylic acids is 2. The molecule has 0 aliphatic carbocycles. The Labute approximate surface area is 162 Å². The van der Waals surface area contributed by atoms with Crippen molar-refractivity contribution in [2.75, 3.05) is 6.61 Å². The first-order valence-electron chi connectivity index (χ1n) is 8.78. The first-order chi connectivity index (χ1) is 13.0. The molecule has 1 aromatic carbocycles. The highest BCUT2D eigenvalue weighted by Crippen LogP contribution is 2.27. The maximum Gasteiger partial charge on any atom is 0.340 e. The van der Waals surface area contributed by atoms with Crippen molar-refractivity contribution in [2.45, 2.75) is 26.8 Å². The highest BCUT2D eigenvalue weighted by molar-refractivity contribution is 7.10. The molecule has 3 aromatic rings. The van der Waals surface area contributed by atoms with Gasteiger partial charge < -0.3 is 15.0 Å². The number of benzene rings is 1. The van der Waals surface area contributed by atoms with Crippen LogP contribution >= 0.6 is 11.3 Å². The summed E-state index contributed by atoms with van der Waals surface area (Å²) in [5, 5.41) is 5.08. The highest BCUT2D eigenvalue weighted by atomic mass is 32.1. The van der Waals surface area contributed by atoms with Gasteiger partial charge in [0.2, 0.25) is 0 Å². The van der Waals surface area contributed by atoms with E-state index in [2.05, 4.69) is 10.3 Å². The standard InChI is InChI=1S/C21H22N2O3S/c1-4-26-21(25)17-13(2)18(22-14(17)3)20(24)23-19(16-11-8-12-27-16)15-9-6-5-7-10-15/h5-12,19,22H,4H2,1-3H3,(H,23,24). The maximum atomic E-state index is 13.0. The fourth-order valence-corrected chi connectivity index (χ4v) is 3.91. The van der Waals surface area contributed by atoms with Crippen molar-refractivity contribution in [1.82, 2.24) is 10.3 Å². The number of amides is 1. The van der Waals surface area contributed by atoms with Crippen molar-refractivity contribution < 1.29 is 14.3 Å². The van der Waals surface area contributed by atoms with Gasteiger partial charge in [-0.15, -0.1) is 11.3 Å². The van der Waals surface area contributed by atoms with Crippen LogP contribution in [0.5, 0.6) is 0 Å². The van der Waals surface area contributed by atoms with Crippen molar-refractivity contribution >= 4 is 23.2 Å². The van der Waals surface area contributed by atoms with Crippen molar-refractivity contribution in [3.8, 4) is 0 Å². The predicted octanol–water partition coefficient (Wildman–Crippen LogP) is 4.39. The first-order valence-corrected chi connectivity index (χ1v) is 9.66. The number of H-pyrrole nitrogens is 1. The van der Waals surface area contributed by atoms with Crippen LogP contribution in [0.1, 0.15) is 55.5 Å². The number of ether oxygens (including phenoxy) is 1. The van der Waals surface area contributed by atoms with E-state index in [-0.39, 0.29) is 11.9 Å². The van der Waals surface area contributed by atoms with Gasteiger partial charge in [-0.25, -0.2) is 4.79 Å². The smallest absolute Gasteiger partial charge is 0.340 e. The molecule has 3 rings (SSSR count).